The lowest BCUT2D eigenvalue weighted by Crippen LogP contribution is -2.52. The average Bonchev–Trinajstić information content (AvgIpc) is 2.35. The Balaban J connectivity index is 2.01. The highest BCUT2D eigenvalue weighted by Gasteiger charge is 2.23. The van der Waals surface area contributed by atoms with E-state index in [1.54, 1.807) is 6.07 Å². The molecule has 0 aromatic heterocycles. The third-order valence-corrected chi connectivity index (χ3v) is 3.77. The molecule has 1 aliphatic rings. The summed E-state index contributed by atoms with van der Waals surface area (Å²) in [6, 6.07) is 5.16. The van der Waals surface area contributed by atoms with Crippen LogP contribution in [0.3, 0.4) is 0 Å². The minimum Gasteiger partial charge on any atom is -0.395 e. The fourth-order valence-electron chi connectivity index (χ4n) is 2.43. The van der Waals surface area contributed by atoms with E-state index in [9.17, 15) is 9.50 Å². The first-order valence-electron chi connectivity index (χ1n) is 6.38. The number of halogens is 1. The van der Waals surface area contributed by atoms with Crippen LogP contribution in [0, 0.1) is 12.7 Å². The van der Waals surface area contributed by atoms with E-state index in [0.29, 0.717) is 0 Å². The van der Waals surface area contributed by atoms with E-state index in [-0.39, 0.29) is 18.5 Å². The van der Waals surface area contributed by atoms with E-state index in [4.69, 9.17) is 0 Å². The lowest BCUT2D eigenvalue weighted by Gasteiger charge is -2.38. The van der Waals surface area contributed by atoms with Crippen molar-refractivity contribution in [3.8, 4) is 0 Å². The van der Waals surface area contributed by atoms with Gasteiger partial charge in [-0.2, -0.15) is 0 Å². The van der Waals surface area contributed by atoms with Gasteiger partial charge in [-0.1, -0.05) is 6.07 Å². The van der Waals surface area contributed by atoms with Gasteiger partial charge in [-0.3, -0.25) is 9.80 Å². The van der Waals surface area contributed by atoms with Gasteiger partial charge in [-0.25, -0.2) is 4.39 Å². The van der Waals surface area contributed by atoms with Gasteiger partial charge < -0.3 is 5.11 Å². The van der Waals surface area contributed by atoms with Crippen LogP contribution in [0.1, 0.15) is 11.1 Å². The van der Waals surface area contributed by atoms with Crippen molar-refractivity contribution in [1.29, 1.82) is 0 Å². The molecule has 1 atom stereocenters. The van der Waals surface area contributed by atoms with E-state index in [2.05, 4.69) is 9.80 Å². The molecule has 1 aromatic rings. The van der Waals surface area contributed by atoms with Crippen LogP contribution in [-0.4, -0.2) is 54.2 Å². The molecule has 1 aliphatic heterocycles. The molecule has 0 saturated carbocycles. The number of aliphatic hydroxyl groups is 1. The molecule has 1 heterocycles. The molecular weight excluding hydrogens is 231 g/mol. The molecule has 0 amide bonds. The van der Waals surface area contributed by atoms with Crippen LogP contribution in [0.15, 0.2) is 18.2 Å². The number of aryl methyl sites for hydroxylation is 1. The Hall–Kier alpha value is -0.970. The molecule has 0 aliphatic carbocycles. The first-order valence-corrected chi connectivity index (χ1v) is 6.38. The number of piperazine rings is 1. The maximum atomic E-state index is 13.0. The molecule has 18 heavy (non-hydrogen) atoms. The van der Waals surface area contributed by atoms with Gasteiger partial charge in [0.2, 0.25) is 0 Å². The minimum atomic E-state index is -0.178. The van der Waals surface area contributed by atoms with Gasteiger partial charge in [0, 0.05) is 32.2 Å². The number of rotatable bonds is 3. The Morgan fingerprint density at radius 3 is 2.83 bits per heavy atom. The van der Waals surface area contributed by atoms with Gasteiger partial charge in [0.05, 0.1) is 6.61 Å². The number of likely N-dealkylation sites (N-methyl/N-ethyl adjacent to an activating group) is 1. The second-order valence-corrected chi connectivity index (χ2v) is 5.12. The summed E-state index contributed by atoms with van der Waals surface area (Å²) in [5.74, 6) is -0.178. The summed E-state index contributed by atoms with van der Waals surface area (Å²) in [6.45, 7) is 5.78. The van der Waals surface area contributed by atoms with Crippen LogP contribution in [0.2, 0.25) is 0 Å². The van der Waals surface area contributed by atoms with Gasteiger partial charge in [0.1, 0.15) is 5.82 Å². The monoisotopic (exact) mass is 252 g/mol. The van der Waals surface area contributed by atoms with Crippen molar-refractivity contribution in [3.63, 3.8) is 0 Å². The van der Waals surface area contributed by atoms with Crippen molar-refractivity contribution in [2.75, 3.05) is 33.3 Å². The largest absolute Gasteiger partial charge is 0.395 e. The molecule has 1 saturated heterocycles. The topological polar surface area (TPSA) is 26.7 Å². The third-order valence-electron chi connectivity index (χ3n) is 3.77. The molecule has 0 unspecified atom stereocenters. The van der Waals surface area contributed by atoms with Gasteiger partial charge in [-0.15, -0.1) is 0 Å². The molecule has 0 bridgehead atoms. The van der Waals surface area contributed by atoms with Crippen molar-refractivity contribution in [3.05, 3.63) is 35.1 Å². The zero-order valence-electron chi connectivity index (χ0n) is 11.1. The average molecular weight is 252 g/mol. The van der Waals surface area contributed by atoms with Crippen LogP contribution in [-0.2, 0) is 6.54 Å². The van der Waals surface area contributed by atoms with Crippen molar-refractivity contribution in [2.45, 2.75) is 19.5 Å². The van der Waals surface area contributed by atoms with Crippen LogP contribution < -0.4 is 0 Å². The maximum Gasteiger partial charge on any atom is 0.123 e. The molecule has 1 N–H and O–H groups in total. The Morgan fingerprint density at radius 2 is 2.17 bits per heavy atom. The summed E-state index contributed by atoms with van der Waals surface area (Å²) < 4.78 is 13.0. The number of hydrogen-bond donors (Lipinski definition) is 1. The molecule has 3 nitrogen and oxygen atoms in total. The molecule has 2 rings (SSSR count). The number of aliphatic hydroxyl groups excluding tert-OH is 1. The Labute approximate surface area is 108 Å². The van der Waals surface area contributed by atoms with Gasteiger partial charge in [0.25, 0.3) is 0 Å². The normalized spacial score (nSPS) is 22.3. The van der Waals surface area contributed by atoms with E-state index >= 15 is 0 Å². The highest BCUT2D eigenvalue weighted by Crippen LogP contribution is 2.15. The van der Waals surface area contributed by atoms with Gasteiger partial charge >= 0.3 is 0 Å². The quantitative estimate of drug-likeness (QED) is 0.877. The van der Waals surface area contributed by atoms with E-state index in [0.717, 1.165) is 37.3 Å². The summed E-state index contributed by atoms with van der Waals surface area (Å²) in [6.07, 6.45) is 0. The minimum absolute atomic E-state index is 0.178. The molecule has 0 radical (unpaired) electrons. The van der Waals surface area contributed by atoms with E-state index < -0.39 is 0 Å². The van der Waals surface area contributed by atoms with E-state index in [1.165, 1.54) is 6.07 Å². The molecular formula is C14H21FN2O. The lowest BCUT2D eigenvalue weighted by atomic mass is 10.1. The fourth-order valence-corrected chi connectivity index (χ4v) is 2.43. The lowest BCUT2D eigenvalue weighted by molar-refractivity contribution is 0.0539. The van der Waals surface area contributed by atoms with Crippen LogP contribution in [0.5, 0.6) is 0 Å². The first-order chi connectivity index (χ1) is 8.60. The molecule has 100 valence electrons. The molecule has 0 spiro atoms. The SMILES string of the molecule is Cc1cc(F)ccc1CN1CCN(C)[C@@H](CO)C1. The Bertz CT molecular complexity index is 411. The standard InChI is InChI=1S/C14H21FN2O/c1-11-7-13(15)4-3-12(11)8-17-6-5-16(2)14(9-17)10-18/h3-4,7,14,18H,5-6,8-10H2,1-2H3/t14-/m1/s1. The maximum absolute atomic E-state index is 13.0. The smallest absolute Gasteiger partial charge is 0.123 e. The predicted molar refractivity (Wildman–Crippen MR) is 69.9 cm³/mol. The predicted octanol–water partition coefficient (Wildman–Crippen LogP) is 1.24. The van der Waals surface area contributed by atoms with E-state index in [1.807, 2.05) is 20.0 Å². The second kappa shape index (κ2) is 5.78. The number of nitrogens with zero attached hydrogens (tertiary/aromatic N) is 2. The number of hydrogen-bond acceptors (Lipinski definition) is 3. The highest BCUT2D eigenvalue weighted by atomic mass is 19.1. The third kappa shape index (κ3) is 3.07. The summed E-state index contributed by atoms with van der Waals surface area (Å²) >= 11 is 0. The summed E-state index contributed by atoms with van der Waals surface area (Å²) in [5, 5.41) is 9.32. The van der Waals surface area contributed by atoms with Gasteiger partial charge in [0.15, 0.2) is 0 Å². The summed E-state index contributed by atoms with van der Waals surface area (Å²) in [4.78, 5) is 4.51. The molecule has 1 fully saturated rings. The molecule has 4 heteroatoms. The first kappa shape index (κ1) is 13.5. The summed E-state index contributed by atoms with van der Waals surface area (Å²) in [5.41, 5.74) is 2.16. The zero-order chi connectivity index (χ0) is 13.1. The fraction of sp³-hybridized carbons (Fsp3) is 0.571. The van der Waals surface area contributed by atoms with Crippen molar-refractivity contribution in [1.82, 2.24) is 9.80 Å². The van der Waals surface area contributed by atoms with Crippen molar-refractivity contribution in [2.24, 2.45) is 0 Å². The Kier molecular flexibility index (Phi) is 4.32. The van der Waals surface area contributed by atoms with Crippen LogP contribution in [0.25, 0.3) is 0 Å². The highest BCUT2D eigenvalue weighted by molar-refractivity contribution is 5.26. The second-order valence-electron chi connectivity index (χ2n) is 5.12. The molecule has 1 aromatic carbocycles. The summed E-state index contributed by atoms with van der Waals surface area (Å²) in [7, 11) is 2.04. The van der Waals surface area contributed by atoms with Crippen molar-refractivity contribution >= 4 is 0 Å². The zero-order valence-corrected chi connectivity index (χ0v) is 11.1. The van der Waals surface area contributed by atoms with Gasteiger partial charge in [-0.05, 0) is 37.2 Å². The Morgan fingerprint density at radius 1 is 1.39 bits per heavy atom. The van der Waals surface area contributed by atoms with Crippen LogP contribution in [0.4, 0.5) is 4.39 Å². The van der Waals surface area contributed by atoms with Crippen molar-refractivity contribution < 1.29 is 9.50 Å². The van der Waals surface area contributed by atoms with Crippen LogP contribution >= 0.6 is 0 Å². The number of benzene rings is 1.